The Morgan fingerprint density at radius 3 is 2.68 bits per heavy atom. The van der Waals surface area contributed by atoms with Gasteiger partial charge in [-0.2, -0.15) is 0 Å². The van der Waals surface area contributed by atoms with Crippen LogP contribution in [0.2, 0.25) is 5.15 Å². The summed E-state index contributed by atoms with van der Waals surface area (Å²) >= 11 is 6.01. The zero-order valence-electron chi connectivity index (χ0n) is 12.3. The molecule has 0 radical (unpaired) electrons. The van der Waals surface area contributed by atoms with E-state index in [9.17, 15) is 9.90 Å². The monoisotopic (exact) mass is 319 g/mol. The van der Waals surface area contributed by atoms with Crippen molar-refractivity contribution in [2.75, 3.05) is 13.1 Å². The number of benzene rings is 1. The summed E-state index contributed by atoms with van der Waals surface area (Å²) in [6.07, 6.45) is 1.62. The molecule has 2 heterocycles. The number of hydrogen-bond acceptors (Lipinski definition) is 3. The summed E-state index contributed by atoms with van der Waals surface area (Å²) in [5, 5.41) is 10.1. The summed E-state index contributed by atoms with van der Waals surface area (Å²) in [7, 11) is 1.87. The lowest BCUT2D eigenvalue weighted by molar-refractivity contribution is -0.141. The van der Waals surface area contributed by atoms with Crippen LogP contribution in [0.1, 0.15) is 17.3 Å². The SMILES string of the molecule is Cn1c(Cl)cnc1CN1C[C@H](c2ccccc2)[C@H](C(=O)O)C1. The number of halogens is 1. The maximum absolute atomic E-state index is 11.6. The third-order valence-electron chi connectivity index (χ3n) is 4.33. The van der Waals surface area contributed by atoms with E-state index in [0.717, 1.165) is 11.4 Å². The third-order valence-corrected chi connectivity index (χ3v) is 4.68. The molecule has 1 fully saturated rings. The van der Waals surface area contributed by atoms with Gasteiger partial charge in [0.05, 0.1) is 18.7 Å². The number of carbonyl (C=O) groups is 1. The van der Waals surface area contributed by atoms with Gasteiger partial charge >= 0.3 is 5.97 Å². The second-order valence-electron chi connectivity index (χ2n) is 5.71. The Balaban J connectivity index is 1.79. The number of hydrogen-bond donors (Lipinski definition) is 1. The van der Waals surface area contributed by atoms with Crippen LogP contribution >= 0.6 is 11.6 Å². The van der Waals surface area contributed by atoms with E-state index in [4.69, 9.17) is 11.6 Å². The van der Waals surface area contributed by atoms with Crippen LogP contribution < -0.4 is 0 Å². The minimum absolute atomic E-state index is 0.00874. The lowest BCUT2D eigenvalue weighted by atomic mass is 9.89. The molecule has 2 aromatic rings. The Hall–Kier alpha value is -1.85. The van der Waals surface area contributed by atoms with Crippen LogP contribution in [0.15, 0.2) is 36.5 Å². The molecule has 6 heteroatoms. The molecule has 1 aromatic carbocycles. The van der Waals surface area contributed by atoms with Crippen molar-refractivity contribution >= 4 is 17.6 Å². The zero-order valence-corrected chi connectivity index (χ0v) is 13.1. The number of imidazole rings is 1. The molecule has 1 saturated heterocycles. The van der Waals surface area contributed by atoms with Gasteiger partial charge in [0, 0.05) is 26.1 Å². The Morgan fingerprint density at radius 1 is 1.36 bits per heavy atom. The molecule has 0 bridgehead atoms. The smallest absolute Gasteiger partial charge is 0.308 e. The Bertz CT molecular complexity index is 671. The van der Waals surface area contributed by atoms with Gasteiger partial charge in [0.15, 0.2) is 0 Å². The highest BCUT2D eigenvalue weighted by molar-refractivity contribution is 6.29. The van der Waals surface area contributed by atoms with E-state index >= 15 is 0 Å². The van der Waals surface area contributed by atoms with Crippen molar-refractivity contribution in [3.05, 3.63) is 53.1 Å². The van der Waals surface area contributed by atoms with Crippen molar-refractivity contribution in [3.63, 3.8) is 0 Å². The molecule has 0 saturated carbocycles. The van der Waals surface area contributed by atoms with Crippen LogP contribution in [0.25, 0.3) is 0 Å². The maximum Gasteiger partial charge on any atom is 0.308 e. The van der Waals surface area contributed by atoms with Crippen molar-refractivity contribution < 1.29 is 9.90 Å². The van der Waals surface area contributed by atoms with Crippen LogP contribution in [0.5, 0.6) is 0 Å². The van der Waals surface area contributed by atoms with Gasteiger partial charge in [-0.05, 0) is 5.56 Å². The molecule has 0 unspecified atom stereocenters. The number of aliphatic carboxylic acids is 1. The highest BCUT2D eigenvalue weighted by atomic mass is 35.5. The van der Waals surface area contributed by atoms with Crippen LogP contribution in [-0.4, -0.2) is 38.6 Å². The predicted octanol–water partition coefficient (Wildman–Crippen LogP) is 2.37. The lowest BCUT2D eigenvalue weighted by Gasteiger charge is -2.16. The first-order valence-electron chi connectivity index (χ1n) is 7.22. The number of carboxylic acid groups (broad SMARTS) is 1. The van der Waals surface area contributed by atoms with Gasteiger partial charge in [0.1, 0.15) is 11.0 Å². The average molecular weight is 320 g/mol. The largest absolute Gasteiger partial charge is 0.481 e. The normalized spacial score (nSPS) is 22.1. The van der Waals surface area contributed by atoms with E-state index in [1.54, 1.807) is 6.20 Å². The van der Waals surface area contributed by atoms with E-state index in [1.807, 2.05) is 41.9 Å². The topological polar surface area (TPSA) is 58.4 Å². The first-order valence-corrected chi connectivity index (χ1v) is 7.60. The highest BCUT2D eigenvalue weighted by Crippen LogP contribution is 2.33. The number of rotatable bonds is 4. The molecule has 1 aromatic heterocycles. The first kappa shape index (κ1) is 15.1. The van der Waals surface area contributed by atoms with Crippen LogP contribution in [0.4, 0.5) is 0 Å². The van der Waals surface area contributed by atoms with Crippen molar-refractivity contribution in [3.8, 4) is 0 Å². The molecular formula is C16H18ClN3O2. The second-order valence-corrected chi connectivity index (χ2v) is 6.10. The molecule has 3 rings (SSSR count). The van der Waals surface area contributed by atoms with E-state index in [2.05, 4.69) is 9.88 Å². The Morgan fingerprint density at radius 2 is 2.09 bits per heavy atom. The Kier molecular flexibility index (Phi) is 4.18. The van der Waals surface area contributed by atoms with E-state index in [0.29, 0.717) is 24.8 Å². The molecule has 1 aliphatic rings. The highest BCUT2D eigenvalue weighted by Gasteiger charge is 2.38. The lowest BCUT2D eigenvalue weighted by Crippen LogP contribution is -2.24. The first-order chi connectivity index (χ1) is 10.6. The molecule has 116 valence electrons. The summed E-state index contributed by atoms with van der Waals surface area (Å²) in [6.45, 7) is 1.85. The predicted molar refractivity (Wildman–Crippen MR) is 83.8 cm³/mol. The third kappa shape index (κ3) is 2.87. The summed E-state index contributed by atoms with van der Waals surface area (Å²) in [5.41, 5.74) is 1.08. The minimum Gasteiger partial charge on any atom is -0.481 e. The van der Waals surface area contributed by atoms with Crippen LogP contribution in [-0.2, 0) is 18.4 Å². The molecular weight excluding hydrogens is 302 g/mol. The van der Waals surface area contributed by atoms with Crippen molar-refractivity contribution in [1.82, 2.24) is 14.5 Å². The van der Waals surface area contributed by atoms with Gasteiger partial charge in [-0.15, -0.1) is 0 Å². The molecule has 0 aliphatic carbocycles. The summed E-state index contributed by atoms with van der Waals surface area (Å²) in [5.74, 6) is -0.273. The molecule has 1 N–H and O–H groups in total. The van der Waals surface area contributed by atoms with Gasteiger partial charge < -0.3 is 9.67 Å². The number of carboxylic acids is 1. The Labute approximate surface area is 134 Å². The maximum atomic E-state index is 11.6. The van der Waals surface area contributed by atoms with Gasteiger partial charge in [0.25, 0.3) is 0 Å². The van der Waals surface area contributed by atoms with Gasteiger partial charge in [-0.25, -0.2) is 4.98 Å². The molecule has 1 aliphatic heterocycles. The summed E-state index contributed by atoms with van der Waals surface area (Å²) in [4.78, 5) is 18.0. The average Bonchev–Trinajstić information content (AvgIpc) is 3.07. The standard InChI is InChI=1S/C16H18ClN3O2/c1-19-14(17)7-18-15(19)10-20-8-12(13(9-20)16(21)22)11-5-3-2-4-6-11/h2-7,12-13H,8-10H2,1H3,(H,21,22)/t12-,13-/m1/s1. The van der Waals surface area contributed by atoms with Gasteiger partial charge in [-0.3, -0.25) is 9.69 Å². The fraction of sp³-hybridized carbons (Fsp3) is 0.375. The van der Waals surface area contributed by atoms with Crippen LogP contribution in [0, 0.1) is 5.92 Å². The van der Waals surface area contributed by atoms with Crippen molar-refractivity contribution in [2.24, 2.45) is 13.0 Å². The number of aromatic nitrogens is 2. The molecule has 2 atom stereocenters. The molecule has 5 nitrogen and oxygen atoms in total. The van der Waals surface area contributed by atoms with Gasteiger partial charge in [0.2, 0.25) is 0 Å². The molecule has 0 amide bonds. The van der Waals surface area contributed by atoms with E-state index in [-0.39, 0.29) is 5.92 Å². The fourth-order valence-corrected chi connectivity index (χ4v) is 3.22. The molecule has 0 spiro atoms. The van der Waals surface area contributed by atoms with Gasteiger partial charge in [-0.1, -0.05) is 41.9 Å². The van der Waals surface area contributed by atoms with E-state index < -0.39 is 11.9 Å². The molecule has 22 heavy (non-hydrogen) atoms. The fourth-order valence-electron chi connectivity index (χ4n) is 3.07. The van der Waals surface area contributed by atoms with E-state index in [1.165, 1.54) is 0 Å². The minimum atomic E-state index is -0.741. The number of likely N-dealkylation sites (tertiary alicyclic amines) is 1. The van der Waals surface area contributed by atoms with Crippen molar-refractivity contribution in [2.45, 2.75) is 12.5 Å². The van der Waals surface area contributed by atoms with Crippen molar-refractivity contribution in [1.29, 1.82) is 0 Å². The summed E-state index contributed by atoms with van der Waals surface area (Å²) in [6, 6.07) is 9.86. The second kappa shape index (κ2) is 6.10. The quantitative estimate of drug-likeness (QED) is 0.940. The van der Waals surface area contributed by atoms with Crippen LogP contribution in [0.3, 0.4) is 0 Å². The summed E-state index contributed by atoms with van der Waals surface area (Å²) < 4.78 is 1.83. The zero-order chi connectivity index (χ0) is 15.7. The number of nitrogens with zero attached hydrogens (tertiary/aromatic N) is 3.